The zero-order chi connectivity index (χ0) is 13.1. The van der Waals surface area contributed by atoms with Gasteiger partial charge in [-0.3, -0.25) is 4.79 Å². The molecule has 2 N–H and O–H groups in total. The third kappa shape index (κ3) is 3.29. The highest BCUT2D eigenvalue weighted by Gasteiger charge is 2.21. The molecule has 0 bridgehead atoms. The van der Waals surface area contributed by atoms with E-state index in [1.165, 1.54) is 6.07 Å². The maximum absolute atomic E-state index is 12.0. The van der Waals surface area contributed by atoms with Gasteiger partial charge in [0, 0.05) is 0 Å². The Balaban J connectivity index is 2.08. The smallest absolute Gasteiger partial charge is 0.241 e. The van der Waals surface area contributed by atoms with Gasteiger partial charge in [-0.15, -0.1) is 0 Å². The highest BCUT2D eigenvalue weighted by molar-refractivity contribution is 6.44. The average Bonchev–Trinajstić information content (AvgIpc) is 2.37. The molecule has 1 aromatic carbocycles. The Morgan fingerprint density at radius 2 is 1.89 bits per heavy atom. The molecule has 18 heavy (non-hydrogen) atoms. The van der Waals surface area contributed by atoms with Crippen LogP contribution in [-0.2, 0) is 4.79 Å². The van der Waals surface area contributed by atoms with E-state index in [0.29, 0.717) is 20.8 Å². The molecule has 98 valence electrons. The minimum absolute atomic E-state index is 0.0880. The van der Waals surface area contributed by atoms with Crippen molar-refractivity contribution in [2.24, 2.45) is 0 Å². The normalized spacial score (nSPS) is 19.6. The van der Waals surface area contributed by atoms with Crippen LogP contribution in [0.1, 0.15) is 19.3 Å². The maximum Gasteiger partial charge on any atom is 0.241 e. The number of anilines is 1. The van der Waals surface area contributed by atoms with Crippen LogP contribution in [0.2, 0.25) is 15.1 Å². The van der Waals surface area contributed by atoms with Gasteiger partial charge in [-0.25, -0.2) is 0 Å². The van der Waals surface area contributed by atoms with Gasteiger partial charge in [0.25, 0.3) is 0 Å². The highest BCUT2D eigenvalue weighted by Crippen LogP contribution is 2.32. The summed E-state index contributed by atoms with van der Waals surface area (Å²) in [7, 11) is 0. The number of piperidine rings is 1. The minimum Gasteiger partial charge on any atom is -0.323 e. The predicted octanol–water partition coefficient (Wildman–Crippen LogP) is 3.73. The minimum atomic E-state index is -0.163. The Bertz CT molecular complexity index is 459. The zero-order valence-corrected chi connectivity index (χ0v) is 11.9. The van der Waals surface area contributed by atoms with Crippen LogP contribution in [-0.4, -0.2) is 18.5 Å². The molecule has 1 amide bonds. The second-order valence-corrected chi connectivity index (χ2v) is 5.46. The Kier molecular flexibility index (Phi) is 4.73. The van der Waals surface area contributed by atoms with E-state index >= 15 is 0 Å². The fraction of sp³-hybridized carbons (Fsp3) is 0.417. The molecule has 6 heteroatoms. The van der Waals surface area contributed by atoms with Gasteiger partial charge in [0.2, 0.25) is 5.91 Å². The van der Waals surface area contributed by atoms with Crippen molar-refractivity contribution in [2.75, 3.05) is 11.9 Å². The molecule has 1 saturated heterocycles. The fourth-order valence-corrected chi connectivity index (χ4v) is 2.51. The van der Waals surface area contributed by atoms with Gasteiger partial charge in [-0.2, -0.15) is 0 Å². The number of amides is 1. The van der Waals surface area contributed by atoms with Crippen LogP contribution >= 0.6 is 34.8 Å². The first-order valence-electron chi connectivity index (χ1n) is 5.76. The molecule has 0 unspecified atom stereocenters. The quantitative estimate of drug-likeness (QED) is 0.818. The Morgan fingerprint density at radius 1 is 1.17 bits per heavy atom. The molecule has 0 spiro atoms. The van der Waals surface area contributed by atoms with E-state index < -0.39 is 0 Å². The Morgan fingerprint density at radius 3 is 2.56 bits per heavy atom. The zero-order valence-electron chi connectivity index (χ0n) is 9.60. The molecule has 0 aliphatic carbocycles. The number of rotatable bonds is 2. The van der Waals surface area contributed by atoms with Gasteiger partial charge in [0.15, 0.2) is 0 Å². The SMILES string of the molecule is O=C(Nc1cc(Cl)c(Cl)cc1Cl)[C@H]1CCCCN1. The first kappa shape index (κ1) is 13.9. The highest BCUT2D eigenvalue weighted by atomic mass is 35.5. The maximum atomic E-state index is 12.0. The molecule has 0 saturated carbocycles. The lowest BCUT2D eigenvalue weighted by molar-refractivity contribution is -0.118. The van der Waals surface area contributed by atoms with Crippen LogP contribution in [0, 0.1) is 0 Å². The summed E-state index contributed by atoms with van der Waals surface area (Å²) >= 11 is 17.7. The lowest BCUT2D eigenvalue weighted by Gasteiger charge is -2.22. The first-order valence-corrected chi connectivity index (χ1v) is 6.90. The summed E-state index contributed by atoms with van der Waals surface area (Å²) in [6, 6.07) is 2.92. The van der Waals surface area contributed by atoms with E-state index in [0.717, 1.165) is 25.8 Å². The summed E-state index contributed by atoms with van der Waals surface area (Å²) in [5, 5.41) is 7.06. The molecule has 2 rings (SSSR count). The standard InChI is InChI=1S/C12H13Cl3N2O/c13-7-5-9(15)11(6-8(7)14)17-12(18)10-3-1-2-4-16-10/h5-6,10,16H,1-4H2,(H,17,18)/t10-/m1/s1. The molecular formula is C12H13Cl3N2O. The Hall–Kier alpha value is -0.480. The first-order chi connectivity index (χ1) is 8.58. The van der Waals surface area contributed by atoms with Crippen molar-refractivity contribution < 1.29 is 4.79 Å². The third-order valence-corrected chi connectivity index (χ3v) is 3.93. The molecule has 3 nitrogen and oxygen atoms in total. The van der Waals surface area contributed by atoms with E-state index in [-0.39, 0.29) is 11.9 Å². The number of halogens is 3. The van der Waals surface area contributed by atoms with Crippen molar-refractivity contribution in [3.63, 3.8) is 0 Å². The van der Waals surface area contributed by atoms with Crippen LogP contribution < -0.4 is 10.6 Å². The van der Waals surface area contributed by atoms with E-state index in [4.69, 9.17) is 34.8 Å². The van der Waals surface area contributed by atoms with Gasteiger partial charge in [-0.1, -0.05) is 41.2 Å². The molecule has 1 fully saturated rings. The van der Waals surface area contributed by atoms with Gasteiger partial charge in [-0.05, 0) is 31.5 Å². The topological polar surface area (TPSA) is 41.1 Å². The van der Waals surface area contributed by atoms with Crippen LogP contribution in [0.4, 0.5) is 5.69 Å². The predicted molar refractivity (Wildman–Crippen MR) is 75.7 cm³/mol. The average molecular weight is 308 g/mol. The summed E-state index contributed by atoms with van der Waals surface area (Å²) in [4.78, 5) is 12.0. The van der Waals surface area contributed by atoms with Crippen LogP contribution in [0.25, 0.3) is 0 Å². The Labute approximate surface area is 121 Å². The van der Waals surface area contributed by atoms with E-state index in [2.05, 4.69) is 10.6 Å². The van der Waals surface area contributed by atoms with E-state index in [9.17, 15) is 4.79 Å². The molecule has 0 aromatic heterocycles. The lowest BCUT2D eigenvalue weighted by atomic mass is 10.0. The number of hydrogen-bond acceptors (Lipinski definition) is 2. The molecule has 1 heterocycles. The molecule has 1 aliphatic rings. The van der Waals surface area contributed by atoms with Gasteiger partial charge in [0.1, 0.15) is 0 Å². The van der Waals surface area contributed by atoms with E-state index in [1.54, 1.807) is 6.07 Å². The van der Waals surface area contributed by atoms with Crippen molar-refractivity contribution in [1.29, 1.82) is 0 Å². The molecule has 1 aliphatic heterocycles. The summed E-state index contributed by atoms with van der Waals surface area (Å²) in [5.74, 6) is -0.0880. The fourth-order valence-electron chi connectivity index (χ4n) is 1.91. The van der Waals surface area contributed by atoms with Gasteiger partial charge < -0.3 is 10.6 Å². The summed E-state index contributed by atoms with van der Waals surface area (Å²) in [6.07, 6.45) is 3.00. The van der Waals surface area contributed by atoms with Crippen LogP contribution in [0.3, 0.4) is 0 Å². The van der Waals surface area contributed by atoms with Gasteiger partial charge in [0.05, 0.1) is 26.8 Å². The van der Waals surface area contributed by atoms with E-state index in [1.807, 2.05) is 0 Å². The number of hydrogen-bond donors (Lipinski definition) is 2. The largest absolute Gasteiger partial charge is 0.323 e. The third-order valence-electron chi connectivity index (χ3n) is 2.89. The second-order valence-electron chi connectivity index (χ2n) is 4.24. The van der Waals surface area contributed by atoms with Crippen molar-refractivity contribution in [2.45, 2.75) is 25.3 Å². The monoisotopic (exact) mass is 306 g/mol. The summed E-state index contributed by atoms with van der Waals surface area (Å²) in [5.41, 5.74) is 0.489. The molecular weight excluding hydrogens is 295 g/mol. The van der Waals surface area contributed by atoms with Crippen molar-refractivity contribution >= 4 is 46.4 Å². The summed E-state index contributed by atoms with van der Waals surface area (Å²) < 4.78 is 0. The summed E-state index contributed by atoms with van der Waals surface area (Å²) in [6.45, 7) is 0.868. The van der Waals surface area contributed by atoms with Crippen molar-refractivity contribution in [3.8, 4) is 0 Å². The number of carbonyl (C=O) groups excluding carboxylic acids is 1. The lowest BCUT2D eigenvalue weighted by Crippen LogP contribution is -2.43. The molecule has 0 radical (unpaired) electrons. The second kappa shape index (κ2) is 6.11. The number of nitrogens with one attached hydrogen (secondary N) is 2. The number of benzene rings is 1. The van der Waals surface area contributed by atoms with Crippen molar-refractivity contribution in [3.05, 3.63) is 27.2 Å². The van der Waals surface area contributed by atoms with Crippen molar-refractivity contribution in [1.82, 2.24) is 5.32 Å². The van der Waals surface area contributed by atoms with Crippen LogP contribution in [0.5, 0.6) is 0 Å². The molecule has 1 atom stereocenters. The molecule has 1 aromatic rings. The number of carbonyl (C=O) groups is 1. The van der Waals surface area contributed by atoms with Gasteiger partial charge >= 0.3 is 0 Å². The van der Waals surface area contributed by atoms with Crippen LogP contribution in [0.15, 0.2) is 12.1 Å².